The van der Waals surface area contributed by atoms with Crippen LogP contribution in [0.4, 0.5) is 0 Å². The molecule has 0 spiro atoms. The molecule has 2 rings (SSSR count). The number of benzene rings is 1. The Kier molecular flexibility index (Phi) is 2.75. The maximum Gasteiger partial charge on any atom is 0.0929 e. The van der Waals surface area contributed by atoms with Crippen molar-refractivity contribution in [3.8, 4) is 11.3 Å². The van der Waals surface area contributed by atoms with Crippen LogP contribution in [0.5, 0.6) is 0 Å². The van der Waals surface area contributed by atoms with Crippen LogP contribution < -0.4 is 0 Å². The summed E-state index contributed by atoms with van der Waals surface area (Å²) in [6.07, 6.45) is 1.64. The summed E-state index contributed by atoms with van der Waals surface area (Å²) in [6, 6.07) is 7.52. The zero-order valence-corrected chi connectivity index (χ0v) is 8.81. The van der Waals surface area contributed by atoms with Gasteiger partial charge < -0.3 is 4.98 Å². The standard InChI is InChI=1S/C10H8Cl2N2/c11-5-9-10(14-6-13-9)7-1-3-8(12)4-2-7/h1-4,6H,5H2,(H,13,14). The number of rotatable bonds is 2. The number of hydrogen-bond acceptors (Lipinski definition) is 1. The Balaban J connectivity index is 2.44. The largest absolute Gasteiger partial charge is 0.347 e. The number of aromatic amines is 1. The van der Waals surface area contributed by atoms with Crippen LogP contribution in [0, 0.1) is 0 Å². The topological polar surface area (TPSA) is 28.7 Å². The van der Waals surface area contributed by atoms with Crippen LogP contribution in [0.3, 0.4) is 0 Å². The third-order valence-corrected chi connectivity index (χ3v) is 2.49. The zero-order valence-electron chi connectivity index (χ0n) is 7.30. The van der Waals surface area contributed by atoms with Gasteiger partial charge in [-0.2, -0.15) is 0 Å². The molecule has 4 heteroatoms. The first-order valence-corrected chi connectivity index (χ1v) is 5.06. The van der Waals surface area contributed by atoms with Crippen molar-refractivity contribution in [3.63, 3.8) is 0 Å². The minimum Gasteiger partial charge on any atom is -0.347 e. The molecule has 1 N–H and O–H groups in total. The first-order chi connectivity index (χ1) is 6.81. The predicted octanol–water partition coefficient (Wildman–Crippen LogP) is 3.47. The van der Waals surface area contributed by atoms with E-state index in [1.165, 1.54) is 0 Å². The van der Waals surface area contributed by atoms with Gasteiger partial charge in [0.15, 0.2) is 0 Å². The van der Waals surface area contributed by atoms with Gasteiger partial charge in [0.2, 0.25) is 0 Å². The van der Waals surface area contributed by atoms with Crippen molar-refractivity contribution in [1.82, 2.24) is 9.97 Å². The summed E-state index contributed by atoms with van der Waals surface area (Å²) in [5, 5.41) is 0.719. The Labute approximate surface area is 91.9 Å². The van der Waals surface area contributed by atoms with Gasteiger partial charge in [-0.3, -0.25) is 0 Å². The molecule has 1 heterocycles. The van der Waals surface area contributed by atoms with Crippen molar-refractivity contribution >= 4 is 23.2 Å². The zero-order chi connectivity index (χ0) is 9.97. The summed E-state index contributed by atoms with van der Waals surface area (Å²) < 4.78 is 0. The maximum absolute atomic E-state index is 5.79. The lowest BCUT2D eigenvalue weighted by atomic mass is 10.1. The molecular weight excluding hydrogens is 219 g/mol. The molecule has 1 aromatic heterocycles. The van der Waals surface area contributed by atoms with Crippen LogP contribution in [0.15, 0.2) is 30.6 Å². The smallest absolute Gasteiger partial charge is 0.0929 e. The second-order valence-corrected chi connectivity index (χ2v) is 3.57. The number of nitrogens with one attached hydrogen (secondary N) is 1. The minimum atomic E-state index is 0.429. The molecule has 0 saturated carbocycles. The van der Waals surface area contributed by atoms with Crippen LogP contribution >= 0.6 is 23.2 Å². The highest BCUT2D eigenvalue weighted by Crippen LogP contribution is 2.22. The van der Waals surface area contributed by atoms with Gasteiger partial charge in [-0.05, 0) is 12.1 Å². The summed E-state index contributed by atoms with van der Waals surface area (Å²) in [4.78, 5) is 7.20. The number of imidazole rings is 1. The second-order valence-electron chi connectivity index (χ2n) is 2.87. The van der Waals surface area contributed by atoms with Crippen LogP contribution in [-0.2, 0) is 5.88 Å². The van der Waals surface area contributed by atoms with E-state index >= 15 is 0 Å². The van der Waals surface area contributed by atoms with Crippen LogP contribution in [-0.4, -0.2) is 9.97 Å². The van der Waals surface area contributed by atoms with Gasteiger partial charge in [0.1, 0.15) is 0 Å². The Bertz CT molecular complexity index is 420. The number of halogens is 2. The van der Waals surface area contributed by atoms with Gasteiger partial charge in [0, 0.05) is 10.6 Å². The number of nitrogens with zero attached hydrogens (tertiary/aromatic N) is 1. The van der Waals surface area contributed by atoms with Crippen LogP contribution in [0.2, 0.25) is 5.02 Å². The SMILES string of the molecule is ClCc1[nH]cnc1-c1ccc(Cl)cc1. The number of H-pyrrole nitrogens is 1. The van der Waals surface area contributed by atoms with Crippen molar-refractivity contribution in [2.75, 3.05) is 0 Å². The predicted molar refractivity (Wildman–Crippen MR) is 58.6 cm³/mol. The fourth-order valence-corrected chi connectivity index (χ4v) is 1.61. The molecule has 0 atom stereocenters. The van der Waals surface area contributed by atoms with Gasteiger partial charge in [-0.25, -0.2) is 4.98 Å². The van der Waals surface area contributed by atoms with E-state index in [1.807, 2.05) is 24.3 Å². The van der Waals surface area contributed by atoms with E-state index in [4.69, 9.17) is 23.2 Å². The molecule has 0 aliphatic heterocycles. The van der Waals surface area contributed by atoms with Crippen molar-refractivity contribution in [1.29, 1.82) is 0 Å². The van der Waals surface area contributed by atoms with E-state index in [0.29, 0.717) is 5.88 Å². The molecule has 0 amide bonds. The van der Waals surface area contributed by atoms with Gasteiger partial charge in [-0.1, -0.05) is 23.7 Å². The highest BCUT2D eigenvalue weighted by atomic mass is 35.5. The van der Waals surface area contributed by atoms with E-state index in [1.54, 1.807) is 6.33 Å². The van der Waals surface area contributed by atoms with Gasteiger partial charge >= 0.3 is 0 Å². The van der Waals surface area contributed by atoms with E-state index < -0.39 is 0 Å². The van der Waals surface area contributed by atoms with Crippen molar-refractivity contribution in [2.24, 2.45) is 0 Å². The Morgan fingerprint density at radius 1 is 1.21 bits per heavy atom. The van der Waals surface area contributed by atoms with E-state index in [-0.39, 0.29) is 0 Å². The third-order valence-electron chi connectivity index (χ3n) is 1.97. The highest BCUT2D eigenvalue weighted by molar-refractivity contribution is 6.30. The Hall–Kier alpha value is -0.990. The molecule has 0 unspecified atom stereocenters. The molecule has 0 aliphatic rings. The molecule has 0 fully saturated rings. The van der Waals surface area contributed by atoms with Crippen molar-refractivity contribution in [2.45, 2.75) is 5.88 Å². The third kappa shape index (κ3) is 1.76. The van der Waals surface area contributed by atoms with E-state index in [2.05, 4.69) is 9.97 Å². The molecule has 0 radical (unpaired) electrons. The summed E-state index contributed by atoms with van der Waals surface area (Å²) in [5.41, 5.74) is 2.83. The van der Waals surface area contributed by atoms with Gasteiger partial charge in [0.05, 0.1) is 23.6 Å². The molecule has 72 valence electrons. The Morgan fingerprint density at radius 2 is 1.93 bits per heavy atom. The lowest BCUT2D eigenvalue weighted by Gasteiger charge is -1.99. The number of aromatic nitrogens is 2. The van der Waals surface area contributed by atoms with Gasteiger partial charge in [0.25, 0.3) is 0 Å². The van der Waals surface area contributed by atoms with E-state index in [9.17, 15) is 0 Å². The first-order valence-electron chi connectivity index (χ1n) is 4.15. The number of hydrogen-bond donors (Lipinski definition) is 1. The maximum atomic E-state index is 5.79. The molecule has 0 bridgehead atoms. The molecule has 1 aromatic carbocycles. The lowest BCUT2D eigenvalue weighted by molar-refractivity contribution is 1.22. The molecule has 0 saturated heterocycles. The fourth-order valence-electron chi connectivity index (χ4n) is 1.28. The van der Waals surface area contributed by atoms with Gasteiger partial charge in [-0.15, -0.1) is 11.6 Å². The molecule has 0 aliphatic carbocycles. The summed E-state index contributed by atoms with van der Waals surface area (Å²) in [6.45, 7) is 0. The lowest BCUT2D eigenvalue weighted by Crippen LogP contribution is -1.84. The Morgan fingerprint density at radius 3 is 2.57 bits per heavy atom. The molecule has 2 aromatic rings. The second kappa shape index (κ2) is 4.03. The highest BCUT2D eigenvalue weighted by Gasteiger charge is 2.06. The minimum absolute atomic E-state index is 0.429. The van der Waals surface area contributed by atoms with Crippen molar-refractivity contribution < 1.29 is 0 Å². The van der Waals surface area contributed by atoms with Crippen molar-refractivity contribution in [3.05, 3.63) is 41.3 Å². The summed E-state index contributed by atoms with van der Waals surface area (Å²) >= 11 is 11.5. The monoisotopic (exact) mass is 226 g/mol. The van der Waals surface area contributed by atoms with E-state index in [0.717, 1.165) is 22.0 Å². The molecule has 14 heavy (non-hydrogen) atoms. The number of alkyl halides is 1. The van der Waals surface area contributed by atoms with Crippen LogP contribution in [0.25, 0.3) is 11.3 Å². The molecular formula is C10H8Cl2N2. The summed E-state index contributed by atoms with van der Waals surface area (Å²) in [7, 11) is 0. The summed E-state index contributed by atoms with van der Waals surface area (Å²) in [5.74, 6) is 0.429. The normalized spacial score (nSPS) is 10.4. The van der Waals surface area contributed by atoms with Crippen LogP contribution in [0.1, 0.15) is 5.69 Å². The average molecular weight is 227 g/mol. The first kappa shape index (κ1) is 9.56. The quantitative estimate of drug-likeness (QED) is 0.781. The average Bonchev–Trinajstić information content (AvgIpc) is 2.67. The fraction of sp³-hybridized carbons (Fsp3) is 0.100. The molecule has 2 nitrogen and oxygen atoms in total.